The Labute approximate surface area is 120 Å². The van der Waals surface area contributed by atoms with Gasteiger partial charge < -0.3 is 16.2 Å². The first-order chi connectivity index (χ1) is 9.02. The van der Waals surface area contributed by atoms with Crippen molar-refractivity contribution in [3.63, 3.8) is 0 Å². The van der Waals surface area contributed by atoms with E-state index in [0.29, 0.717) is 12.1 Å². The molecule has 6 heteroatoms. The molecule has 0 spiro atoms. The van der Waals surface area contributed by atoms with Crippen LogP contribution in [0.1, 0.15) is 18.4 Å². The van der Waals surface area contributed by atoms with Crippen LogP contribution in [-0.4, -0.2) is 28.4 Å². The highest BCUT2D eigenvalue weighted by Crippen LogP contribution is 2.11. The van der Waals surface area contributed by atoms with Gasteiger partial charge in [0.05, 0.1) is 0 Å². The summed E-state index contributed by atoms with van der Waals surface area (Å²) >= 11 is 3.27. The fourth-order valence-electron chi connectivity index (χ4n) is 1.52. The van der Waals surface area contributed by atoms with Crippen LogP contribution >= 0.6 is 15.9 Å². The largest absolute Gasteiger partial charge is 0.480 e. The van der Waals surface area contributed by atoms with Crippen molar-refractivity contribution >= 4 is 33.5 Å². The monoisotopic (exact) mass is 328 g/mol. The number of amides is 1. The molecule has 104 valence electrons. The van der Waals surface area contributed by atoms with Gasteiger partial charge >= 0.3 is 5.97 Å². The smallest absolute Gasteiger partial charge is 0.320 e. The van der Waals surface area contributed by atoms with Crippen LogP contribution in [0.4, 0.5) is 5.69 Å². The van der Waals surface area contributed by atoms with E-state index in [1.54, 1.807) is 24.3 Å². The van der Waals surface area contributed by atoms with Crippen molar-refractivity contribution in [1.82, 2.24) is 0 Å². The molecular formula is C13H17BrN2O3. The maximum Gasteiger partial charge on any atom is 0.320 e. The molecule has 0 aromatic heterocycles. The van der Waals surface area contributed by atoms with E-state index in [1.165, 1.54) is 0 Å². The summed E-state index contributed by atoms with van der Waals surface area (Å²) < 4.78 is 0. The highest BCUT2D eigenvalue weighted by atomic mass is 79.9. The van der Waals surface area contributed by atoms with Crippen molar-refractivity contribution in [3.8, 4) is 0 Å². The quantitative estimate of drug-likeness (QED) is 0.665. The maximum absolute atomic E-state index is 11.5. The number of rotatable bonds is 7. The van der Waals surface area contributed by atoms with E-state index in [2.05, 4.69) is 21.2 Å². The van der Waals surface area contributed by atoms with E-state index >= 15 is 0 Å². The number of carbonyl (C=O) groups excluding carboxylic acids is 1. The Bertz CT molecular complexity index is 434. The number of aliphatic carboxylic acids is 1. The second kappa shape index (κ2) is 7.91. The van der Waals surface area contributed by atoms with Gasteiger partial charge in [-0.1, -0.05) is 28.1 Å². The standard InChI is InChI=1S/C13H17BrN2O3/c14-7-1-2-12(17)16-10-5-3-9(4-6-10)8-11(15)13(18)19/h3-6,11H,1-2,7-8,15H2,(H,16,17)(H,18,19)/t11-/m0/s1. The summed E-state index contributed by atoms with van der Waals surface area (Å²) in [4.78, 5) is 22.1. The third kappa shape index (κ3) is 5.85. The minimum Gasteiger partial charge on any atom is -0.480 e. The fraction of sp³-hybridized carbons (Fsp3) is 0.385. The molecule has 0 aliphatic rings. The zero-order valence-corrected chi connectivity index (χ0v) is 12.0. The lowest BCUT2D eigenvalue weighted by molar-refractivity contribution is -0.138. The van der Waals surface area contributed by atoms with E-state index in [4.69, 9.17) is 10.8 Å². The second-order valence-electron chi connectivity index (χ2n) is 4.19. The lowest BCUT2D eigenvalue weighted by atomic mass is 10.1. The zero-order valence-electron chi connectivity index (χ0n) is 10.4. The minimum absolute atomic E-state index is 0.0329. The molecule has 0 aliphatic heterocycles. The van der Waals surface area contributed by atoms with Gasteiger partial charge in [-0.3, -0.25) is 9.59 Å². The van der Waals surface area contributed by atoms with Gasteiger partial charge in [-0.05, 0) is 30.5 Å². The van der Waals surface area contributed by atoms with Gasteiger partial charge in [0.1, 0.15) is 6.04 Å². The molecule has 5 nitrogen and oxygen atoms in total. The third-order valence-corrected chi connectivity index (χ3v) is 3.11. The molecule has 1 atom stereocenters. The van der Waals surface area contributed by atoms with Gasteiger partial charge in [0.2, 0.25) is 5.91 Å². The van der Waals surface area contributed by atoms with Gasteiger partial charge in [0.25, 0.3) is 0 Å². The number of halogens is 1. The Morgan fingerprint density at radius 1 is 1.32 bits per heavy atom. The molecule has 1 amide bonds. The second-order valence-corrected chi connectivity index (χ2v) is 4.98. The predicted molar refractivity (Wildman–Crippen MR) is 77.4 cm³/mol. The molecule has 0 radical (unpaired) electrons. The normalized spacial score (nSPS) is 11.9. The lowest BCUT2D eigenvalue weighted by Crippen LogP contribution is -2.32. The molecule has 1 aromatic rings. The summed E-state index contributed by atoms with van der Waals surface area (Å²) in [7, 11) is 0. The van der Waals surface area contributed by atoms with Crippen molar-refractivity contribution in [1.29, 1.82) is 0 Å². The summed E-state index contributed by atoms with van der Waals surface area (Å²) in [6, 6.07) is 6.12. The molecule has 0 fully saturated rings. The van der Waals surface area contributed by atoms with Crippen molar-refractivity contribution in [2.75, 3.05) is 10.6 Å². The van der Waals surface area contributed by atoms with E-state index in [9.17, 15) is 9.59 Å². The predicted octanol–water partition coefficient (Wildman–Crippen LogP) is 1.75. The molecule has 0 aliphatic carbocycles. The third-order valence-electron chi connectivity index (χ3n) is 2.55. The number of carboxylic acid groups (broad SMARTS) is 1. The molecular weight excluding hydrogens is 312 g/mol. The first-order valence-electron chi connectivity index (χ1n) is 5.96. The fourth-order valence-corrected chi connectivity index (χ4v) is 1.80. The van der Waals surface area contributed by atoms with Crippen LogP contribution in [-0.2, 0) is 16.0 Å². The van der Waals surface area contributed by atoms with Gasteiger partial charge in [0.15, 0.2) is 0 Å². The first kappa shape index (κ1) is 15.7. The van der Waals surface area contributed by atoms with Crippen LogP contribution in [0.2, 0.25) is 0 Å². The molecule has 0 unspecified atom stereocenters. The van der Waals surface area contributed by atoms with Crippen LogP contribution in [0.3, 0.4) is 0 Å². The van der Waals surface area contributed by atoms with Crippen molar-refractivity contribution in [2.24, 2.45) is 5.73 Å². The topological polar surface area (TPSA) is 92.4 Å². The number of anilines is 1. The van der Waals surface area contributed by atoms with Gasteiger partial charge in [-0.2, -0.15) is 0 Å². The van der Waals surface area contributed by atoms with E-state index in [1.807, 2.05) is 0 Å². The molecule has 1 rings (SSSR count). The number of benzene rings is 1. The number of hydrogen-bond donors (Lipinski definition) is 3. The van der Waals surface area contributed by atoms with Crippen LogP contribution in [0, 0.1) is 0 Å². The van der Waals surface area contributed by atoms with Crippen molar-refractivity contribution in [3.05, 3.63) is 29.8 Å². The Kier molecular flexibility index (Phi) is 6.52. The number of nitrogens with two attached hydrogens (primary N) is 1. The Morgan fingerprint density at radius 3 is 2.47 bits per heavy atom. The van der Waals surface area contributed by atoms with E-state index < -0.39 is 12.0 Å². The number of nitrogens with one attached hydrogen (secondary N) is 1. The zero-order chi connectivity index (χ0) is 14.3. The average molecular weight is 329 g/mol. The molecule has 0 saturated heterocycles. The van der Waals surface area contributed by atoms with Gasteiger partial charge in [-0.15, -0.1) is 0 Å². The Hall–Kier alpha value is -1.40. The van der Waals surface area contributed by atoms with E-state index in [0.717, 1.165) is 17.3 Å². The summed E-state index contributed by atoms with van der Waals surface area (Å²) in [5.74, 6) is -1.05. The number of alkyl halides is 1. The molecule has 0 bridgehead atoms. The molecule has 1 aromatic carbocycles. The maximum atomic E-state index is 11.5. The molecule has 19 heavy (non-hydrogen) atoms. The molecule has 0 heterocycles. The number of hydrogen-bond acceptors (Lipinski definition) is 3. The van der Waals surface area contributed by atoms with Crippen LogP contribution in [0.15, 0.2) is 24.3 Å². The highest BCUT2D eigenvalue weighted by molar-refractivity contribution is 9.09. The van der Waals surface area contributed by atoms with Crippen LogP contribution in [0.25, 0.3) is 0 Å². The van der Waals surface area contributed by atoms with Crippen LogP contribution < -0.4 is 11.1 Å². The first-order valence-corrected chi connectivity index (χ1v) is 7.08. The van der Waals surface area contributed by atoms with Gasteiger partial charge in [0, 0.05) is 17.4 Å². The van der Waals surface area contributed by atoms with Crippen molar-refractivity contribution < 1.29 is 14.7 Å². The summed E-state index contributed by atoms with van der Waals surface area (Å²) in [5, 5.41) is 12.3. The van der Waals surface area contributed by atoms with Crippen LogP contribution in [0.5, 0.6) is 0 Å². The summed E-state index contributed by atoms with van der Waals surface area (Å²) in [5.41, 5.74) is 6.98. The van der Waals surface area contributed by atoms with Crippen molar-refractivity contribution in [2.45, 2.75) is 25.3 Å². The number of carboxylic acids is 1. The SMILES string of the molecule is N[C@@H](Cc1ccc(NC(=O)CCCBr)cc1)C(=O)O. The minimum atomic E-state index is -1.02. The summed E-state index contributed by atoms with van der Waals surface area (Å²) in [6.45, 7) is 0. The number of carbonyl (C=O) groups is 2. The Balaban J connectivity index is 2.52. The highest BCUT2D eigenvalue weighted by Gasteiger charge is 2.11. The van der Waals surface area contributed by atoms with E-state index in [-0.39, 0.29) is 12.3 Å². The lowest BCUT2D eigenvalue weighted by Gasteiger charge is -2.08. The van der Waals surface area contributed by atoms with Gasteiger partial charge in [-0.25, -0.2) is 0 Å². The average Bonchev–Trinajstić information content (AvgIpc) is 2.38. The Morgan fingerprint density at radius 2 is 1.95 bits per heavy atom. The summed E-state index contributed by atoms with van der Waals surface area (Å²) in [6.07, 6.45) is 1.53. The molecule has 4 N–H and O–H groups in total. The molecule has 0 saturated carbocycles.